The van der Waals surface area contributed by atoms with Gasteiger partial charge in [-0.2, -0.15) is 5.10 Å². The quantitative estimate of drug-likeness (QED) is 0.860. The van der Waals surface area contributed by atoms with Gasteiger partial charge in [0.15, 0.2) is 0 Å². The molecule has 6 heteroatoms. The van der Waals surface area contributed by atoms with Crippen molar-refractivity contribution in [3.63, 3.8) is 0 Å². The molecule has 2 rings (SSSR count). The van der Waals surface area contributed by atoms with Gasteiger partial charge in [-0.25, -0.2) is 14.6 Å². The summed E-state index contributed by atoms with van der Waals surface area (Å²) < 4.78 is 1.49. The van der Waals surface area contributed by atoms with E-state index >= 15 is 0 Å². The predicted molar refractivity (Wildman–Crippen MR) is 62.3 cm³/mol. The van der Waals surface area contributed by atoms with Crippen LogP contribution in [-0.4, -0.2) is 25.7 Å². The highest BCUT2D eigenvalue weighted by Gasteiger charge is 2.15. The minimum absolute atomic E-state index is 0.173. The molecular weight excluding hydrogens is 218 g/mol. The van der Waals surface area contributed by atoms with E-state index in [1.165, 1.54) is 17.3 Å². The van der Waals surface area contributed by atoms with Gasteiger partial charge in [-0.05, 0) is 26.0 Å². The van der Waals surface area contributed by atoms with Crippen LogP contribution in [0.5, 0.6) is 0 Å². The third kappa shape index (κ3) is 2.66. The standard InChI is InChI=1S/C11H13N5O/c1-8-4-3-5-10(14-8)15-11(17)9(2)16-7-12-6-13-16/h3-7,9H,1-2H3,(H,14,15,17)/t9-/m1/s1. The molecule has 0 saturated carbocycles. The highest BCUT2D eigenvalue weighted by atomic mass is 16.2. The lowest BCUT2D eigenvalue weighted by Gasteiger charge is -2.11. The van der Waals surface area contributed by atoms with Crippen molar-refractivity contribution < 1.29 is 4.79 Å². The first-order valence-corrected chi connectivity index (χ1v) is 5.25. The van der Waals surface area contributed by atoms with E-state index in [0.717, 1.165) is 5.69 Å². The number of nitrogens with one attached hydrogen (secondary N) is 1. The van der Waals surface area contributed by atoms with Crippen LogP contribution in [0.2, 0.25) is 0 Å². The van der Waals surface area contributed by atoms with E-state index < -0.39 is 6.04 Å². The van der Waals surface area contributed by atoms with Crippen molar-refractivity contribution in [1.29, 1.82) is 0 Å². The number of pyridine rings is 1. The van der Waals surface area contributed by atoms with Gasteiger partial charge in [0, 0.05) is 5.69 Å². The number of hydrogen-bond acceptors (Lipinski definition) is 4. The molecule has 0 radical (unpaired) electrons. The summed E-state index contributed by atoms with van der Waals surface area (Å²) in [7, 11) is 0. The predicted octanol–water partition coefficient (Wildman–Crippen LogP) is 1.18. The number of anilines is 1. The second-order valence-corrected chi connectivity index (χ2v) is 3.70. The summed E-state index contributed by atoms with van der Waals surface area (Å²) in [6.45, 7) is 3.62. The lowest BCUT2D eigenvalue weighted by atomic mass is 10.3. The van der Waals surface area contributed by atoms with Crippen LogP contribution >= 0.6 is 0 Å². The zero-order chi connectivity index (χ0) is 12.3. The number of aryl methyl sites for hydroxylation is 1. The van der Waals surface area contributed by atoms with Crippen molar-refractivity contribution in [3.8, 4) is 0 Å². The Bertz CT molecular complexity index is 508. The number of carbonyl (C=O) groups is 1. The van der Waals surface area contributed by atoms with Gasteiger partial charge in [-0.15, -0.1) is 0 Å². The van der Waals surface area contributed by atoms with Crippen LogP contribution in [0.15, 0.2) is 30.9 Å². The second kappa shape index (κ2) is 4.73. The summed E-state index contributed by atoms with van der Waals surface area (Å²) >= 11 is 0. The number of aromatic nitrogens is 4. The van der Waals surface area contributed by atoms with Gasteiger partial charge >= 0.3 is 0 Å². The third-order valence-electron chi connectivity index (χ3n) is 2.35. The maximum Gasteiger partial charge on any atom is 0.250 e. The normalized spacial score (nSPS) is 12.1. The van der Waals surface area contributed by atoms with Crippen molar-refractivity contribution in [2.75, 3.05) is 5.32 Å². The summed E-state index contributed by atoms with van der Waals surface area (Å²) in [5.74, 6) is 0.371. The zero-order valence-electron chi connectivity index (χ0n) is 9.66. The number of rotatable bonds is 3. The summed E-state index contributed by atoms with van der Waals surface area (Å²) in [4.78, 5) is 19.9. The molecule has 2 aromatic heterocycles. The molecule has 1 amide bonds. The van der Waals surface area contributed by atoms with Gasteiger partial charge in [0.05, 0.1) is 0 Å². The van der Waals surface area contributed by atoms with Crippen molar-refractivity contribution in [2.24, 2.45) is 0 Å². The summed E-state index contributed by atoms with van der Waals surface area (Å²) in [5, 5.41) is 6.65. The average Bonchev–Trinajstić information content (AvgIpc) is 2.81. The van der Waals surface area contributed by atoms with Gasteiger partial charge in [0.2, 0.25) is 5.91 Å². The molecule has 2 aromatic rings. The van der Waals surface area contributed by atoms with E-state index in [-0.39, 0.29) is 5.91 Å². The molecule has 2 heterocycles. The van der Waals surface area contributed by atoms with Crippen molar-refractivity contribution in [2.45, 2.75) is 19.9 Å². The van der Waals surface area contributed by atoms with E-state index in [2.05, 4.69) is 20.4 Å². The Balaban J connectivity index is 2.07. The Kier molecular flexibility index (Phi) is 3.13. The molecular formula is C11H13N5O. The molecule has 0 aliphatic carbocycles. The maximum atomic E-state index is 11.9. The summed E-state index contributed by atoms with van der Waals surface area (Å²) in [6.07, 6.45) is 2.91. The van der Waals surface area contributed by atoms with Crippen LogP contribution in [0.3, 0.4) is 0 Å². The van der Waals surface area contributed by atoms with Crippen LogP contribution in [0.25, 0.3) is 0 Å². The SMILES string of the molecule is Cc1cccc(NC(=O)[C@@H](C)n2cncn2)n1. The van der Waals surface area contributed by atoms with Gasteiger partial charge < -0.3 is 5.32 Å². The second-order valence-electron chi connectivity index (χ2n) is 3.70. The fraction of sp³-hybridized carbons (Fsp3) is 0.273. The average molecular weight is 231 g/mol. The van der Waals surface area contributed by atoms with Gasteiger partial charge in [0.25, 0.3) is 0 Å². The summed E-state index contributed by atoms with van der Waals surface area (Å²) in [5.41, 5.74) is 0.858. The maximum absolute atomic E-state index is 11.9. The molecule has 0 aliphatic heterocycles. The third-order valence-corrected chi connectivity index (χ3v) is 2.35. The van der Waals surface area contributed by atoms with E-state index in [4.69, 9.17) is 0 Å². The molecule has 0 aliphatic rings. The lowest BCUT2D eigenvalue weighted by Crippen LogP contribution is -2.24. The topological polar surface area (TPSA) is 72.7 Å². The number of amides is 1. The lowest BCUT2D eigenvalue weighted by molar-refractivity contribution is -0.119. The van der Waals surface area contributed by atoms with Crippen LogP contribution < -0.4 is 5.32 Å². The molecule has 0 aromatic carbocycles. The Morgan fingerprint density at radius 3 is 2.94 bits per heavy atom. The van der Waals surface area contributed by atoms with E-state index in [1.807, 2.05) is 19.1 Å². The molecule has 0 fully saturated rings. The summed E-state index contributed by atoms with van der Waals surface area (Å²) in [6, 6.07) is 5.05. The number of hydrogen-bond donors (Lipinski definition) is 1. The Hall–Kier alpha value is -2.24. The molecule has 0 bridgehead atoms. The minimum atomic E-state index is -0.417. The first kappa shape index (κ1) is 11.3. The van der Waals surface area contributed by atoms with E-state index in [9.17, 15) is 4.79 Å². The highest BCUT2D eigenvalue weighted by Crippen LogP contribution is 2.08. The number of nitrogens with zero attached hydrogens (tertiary/aromatic N) is 4. The van der Waals surface area contributed by atoms with Crippen LogP contribution in [0, 0.1) is 6.92 Å². The monoisotopic (exact) mass is 231 g/mol. The minimum Gasteiger partial charge on any atom is -0.309 e. The van der Waals surface area contributed by atoms with Crippen molar-refractivity contribution >= 4 is 11.7 Å². The molecule has 17 heavy (non-hydrogen) atoms. The van der Waals surface area contributed by atoms with E-state index in [0.29, 0.717) is 5.82 Å². The molecule has 0 saturated heterocycles. The van der Waals surface area contributed by atoms with Crippen LogP contribution in [-0.2, 0) is 4.79 Å². The van der Waals surface area contributed by atoms with Gasteiger partial charge in [-0.3, -0.25) is 4.79 Å². The fourth-order valence-electron chi connectivity index (χ4n) is 1.38. The fourth-order valence-corrected chi connectivity index (χ4v) is 1.38. The Labute approximate surface area is 98.7 Å². The van der Waals surface area contributed by atoms with Crippen molar-refractivity contribution in [1.82, 2.24) is 19.7 Å². The highest BCUT2D eigenvalue weighted by molar-refractivity contribution is 5.92. The molecule has 0 spiro atoms. The van der Waals surface area contributed by atoms with E-state index in [1.54, 1.807) is 13.0 Å². The van der Waals surface area contributed by atoms with Crippen LogP contribution in [0.4, 0.5) is 5.82 Å². The largest absolute Gasteiger partial charge is 0.309 e. The molecule has 88 valence electrons. The smallest absolute Gasteiger partial charge is 0.250 e. The Morgan fingerprint density at radius 1 is 1.47 bits per heavy atom. The molecule has 1 N–H and O–H groups in total. The van der Waals surface area contributed by atoms with Gasteiger partial charge in [-0.1, -0.05) is 6.07 Å². The Morgan fingerprint density at radius 2 is 2.29 bits per heavy atom. The van der Waals surface area contributed by atoms with Crippen molar-refractivity contribution in [3.05, 3.63) is 36.5 Å². The molecule has 0 unspecified atom stereocenters. The van der Waals surface area contributed by atoms with Crippen LogP contribution in [0.1, 0.15) is 18.7 Å². The number of carbonyl (C=O) groups excluding carboxylic acids is 1. The zero-order valence-corrected chi connectivity index (χ0v) is 9.66. The first-order valence-electron chi connectivity index (χ1n) is 5.25. The molecule has 1 atom stereocenters. The first-order chi connectivity index (χ1) is 8.16. The molecule has 6 nitrogen and oxygen atoms in total. The van der Waals surface area contributed by atoms with Gasteiger partial charge in [0.1, 0.15) is 24.5 Å².